The number of benzene rings is 4. The van der Waals surface area contributed by atoms with Gasteiger partial charge in [0.15, 0.2) is 17.4 Å². The van der Waals surface area contributed by atoms with Gasteiger partial charge in [-0.3, -0.25) is 28.3 Å². The van der Waals surface area contributed by atoms with Crippen LogP contribution in [0.15, 0.2) is 84.9 Å². The maximum Gasteiger partial charge on any atom is 0.294 e. The lowest BCUT2D eigenvalue weighted by atomic mass is 9.86. The Hall–Kier alpha value is -10.0. The summed E-state index contributed by atoms with van der Waals surface area (Å²) in [5, 5.41) is 47.7. The number of aliphatic hydroxyl groups is 2. The molecule has 36 heteroatoms. The van der Waals surface area contributed by atoms with E-state index in [2.05, 4.69) is 59.9 Å². The number of primary sulfonamides is 1. The molecular weight excluding hydrogens is 1560 g/mol. The highest BCUT2D eigenvalue weighted by Gasteiger charge is 2.68. The maximum absolute atomic E-state index is 15.4. The van der Waals surface area contributed by atoms with Crippen molar-refractivity contribution in [1.82, 2.24) is 49.1 Å². The highest BCUT2D eigenvalue weighted by atomic mass is 35.7. The normalized spacial score (nSPS) is 17.6. The van der Waals surface area contributed by atoms with Crippen LogP contribution in [0, 0.1) is 72.6 Å². The summed E-state index contributed by atoms with van der Waals surface area (Å²) in [6, 6.07) is 19.4. The van der Waals surface area contributed by atoms with Crippen molar-refractivity contribution in [2.24, 2.45) is 36.2 Å². The Bertz CT molecular complexity index is 5860. The molecule has 6 aromatic heterocycles. The minimum absolute atomic E-state index is 0.0409. The average molecular weight is 1640 g/mol. The zero-order valence-electron chi connectivity index (χ0n) is 61.3. The van der Waals surface area contributed by atoms with Crippen LogP contribution in [-0.4, -0.2) is 98.9 Å². The Morgan fingerprint density at radius 1 is 0.575 bits per heavy atom. The average Bonchev–Trinajstić information content (AvgIpc) is 1.52. The number of hydrogen-bond acceptors (Lipinski definition) is 15. The second-order valence-electron chi connectivity index (χ2n) is 29.7. The van der Waals surface area contributed by atoms with Gasteiger partial charge in [-0.2, -0.15) is 46.4 Å². The molecule has 0 aliphatic heterocycles. The third-order valence-corrected chi connectivity index (χ3v) is 20.4. The van der Waals surface area contributed by atoms with Crippen LogP contribution < -0.4 is 16.0 Å². The Balaban J connectivity index is 0.000000198. The lowest BCUT2D eigenvalue weighted by Crippen LogP contribution is -2.24. The van der Waals surface area contributed by atoms with Crippen LogP contribution in [0.5, 0.6) is 0 Å². The van der Waals surface area contributed by atoms with Crippen LogP contribution in [0.25, 0.3) is 44.1 Å². The number of pyridine rings is 2. The maximum atomic E-state index is 15.4. The summed E-state index contributed by atoms with van der Waals surface area (Å²) in [5.74, 6) is -6.77. The predicted molar refractivity (Wildman–Crippen MR) is 393 cm³/mol. The lowest BCUT2D eigenvalue weighted by molar-refractivity contribution is -0.121. The van der Waals surface area contributed by atoms with Gasteiger partial charge < -0.3 is 15.9 Å². The molecule has 113 heavy (non-hydrogen) atoms. The molecule has 2 saturated carbocycles. The van der Waals surface area contributed by atoms with Crippen LogP contribution in [0.3, 0.4) is 0 Å². The zero-order valence-corrected chi connectivity index (χ0v) is 63.7. The third-order valence-electron chi connectivity index (χ3n) is 19.8. The Labute approximate surface area is 643 Å². The molecule has 8 N–H and O–H groups in total. The minimum atomic E-state index is -4.01. The summed E-state index contributed by atoms with van der Waals surface area (Å²) in [4.78, 5) is 37.6. The molecule has 596 valence electrons. The van der Waals surface area contributed by atoms with Crippen LogP contribution in [0.2, 0.25) is 0 Å². The van der Waals surface area contributed by atoms with E-state index in [1.54, 1.807) is 62.1 Å². The molecule has 14 rings (SSSR count). The number of nitrogen functional groups attached to an aromatic ring is 1. The molecule has 0 saturated heterocycles. The number of rotatable bonds is 20. The number of carbonyl (C=O) groups excluding carboxylic acids is 2. The van der Waals surface area contributed by atoms with Gasteiger partial charge in [0.1, 0.15) is 87.5 Å². The minimum Gasteiger partial charge on any atom is -0.382 e. The monoisotopic (exact) mass is 1630 g/mol. The number of carbonyl (C=O) groups is 2. The first-order valence-electron chi connectivity index (χ1n) is 34.9. The van der Waals surface area contributed by atoms with Crippen molar-refractivity contribution in [2.75, 3.05) is 5.73 Å². The van der Waals surface area contributed by atoms with E-state index in [4.69, 9.17) is 20.8 Å². The Kier molecular flexibility index (Phi) is 22.2. The first-order valence-corrected chi connectivity index (χ1v) is 39.0. The molecular formula is C77H72ClF12N13O8S2. The molecule has 6 heterocycles. The van der Waals surface area contributed by atoms with Gasteiger partial charge in [0.05, 0.1) is 28.1 Å². The van der Waals surface area contributed by atoms with Crippen molar-refractivity contribution in [3.05, 3.63) is 193 Å². The quantitative estimate of drug-likeness (QED) is 0.0269. The molecule has 4 aromatic carbocycles. The van der Waals surface area contributed by atoms with Crippen LogP contribution in [0.1, 0.15) is 175 Å². The van der Waals surface area contributed by atoms with Gasteiger partial charge in [-0.15, -0.1) is 0 Å². The molecule has 2 fully saturated rings. The molecule has 4 aliphatic carbocycles. The number of alkyl halides is 8. The summed E-state index contributed by atoms with van der Waals surface area (Å²) < 4.78 is 223. The number of nitrogens with zero attached hydrogens (tertiary/aromatic N) is 10. The van der Waals surface area contributed by atoms with Crippen molar-refractivity contribution in [1.29, 1.82) is 0 Å². The number of anilines is 1. The molecule has 10 aromatic rings. The molecule has 6 atom stereocenters. The van der Waals surface area contributed by atoms with E-state index in [0.29, 0.717) is 71.1 Å². The smallest absolute Gasteiger partial charge is 0.294 e. The summed E-state index contributed by atoms with van der Waals surface area (Å²) >= 11 is 0. The van der Waals surface area contributed by atoms with E-state index in [1.807, 2.05) is 19.1 Å². The van der Waals surface area contributed by atoms with Crippen molar-refractivity contribution >= 4 is 69.1 Å². The Morgan fingerprint density at radius 3 is 1.31 bits per heavy atom. The number of ketones is 2. The van der Waals surface area contributed by atoms with Crippen molar-refractivity contribution in [3.8, 4) is 45.9 Å². The van der Waals surface area contributed by atoms with E-state index in [9.17, 15) is 71.8 Å². The number of aryl methyl sites for hydroxylation is 4. The number of halogens is 13. The summed E-state index contributed by atoms with van der Waals surface area (Å²) in [7, 11) is -0.114. The number of Topliss-reactive ketones (excluding diaryl/α,β-unsaturated/α-hetero) is 2. The highest BCUT2D eigenvalue weighted by Crippen LogP contribution is 2.69. The first kappa shape index (κ1) is 82.4. The van der Waals surface area contributed by atoms with E-state index >= 15 is 17.6 Å². The van der Waals surface area contributed by atoms with Gasteiger partial charge in [-0.05, 0) is 162 Å². The highest BCUT2D eigenvalue weighted by molar-refractivity contribution is 8.11. The van der Waals surface area contributed by atoms with Gasteiger partial charge in [-0.25, -0.2) is 63.8 Å². The van der Waals surface area contributed by atoms with E-state index in [1.165, 1.54) is 32.4 Å². The summed E-state index contributed by atoms with van der Waals surface area (Å²) in [6.07, 6.45) is -7.36. The lowest BCUT2D eigenvalue weighted by Gasteiger charge is -2.22. The molecule has 0 spiro atoms. The van der Waals surface area contributed by atoms with Crippen molar-refractivity contribution in [3.63, 3.8) is 0 Å². The van der Waals surface area contributed by atoms with Crippen molar-refractivity contribution < 1.29 is 89.3 Å². The van der Waals surface area contributed by atoms with E-state index in [0.717, 1.165) is 29.8 Å². The van der Waals surface area contributed by atoms with Gasteiger partial charge in [0.2, 0.25) is 10.0 Å². The van der Waals surface area contributed by atoms with E-state index in [-0.39, 0.29) is 82.2 Å². The van der Waals surface area contributed by atoms with Crippen molar-refractivity contribution in [2.45, 2.75) is 158 Å². The van der Waals surface area contributed by atoms with Crippen LogP contribution in [-0.2, 0) is 86.5 Å². The fourth-order valence-corrected chi connectivity index (χ4v) is 15.9. The van der Waals surface area contributed by atoms with Crippen LogP contribution >= 0.6 is 10.7 Å². The SMILES string of the molecule is Cc1ccc(-c2ccc(C#CC(C)(C)O)nc2[C@@H](CC(=O)Cn2nc(C(F)F)c3c2C(F)(F)[C@@H]2C[C@H]32)Cc2cc(F)cc(F)c2)c2c1c(CS(N)(=O)=O)nn2C.Cc1ccc(-c2ccc(C#CC(C)(C)O)nc2[C@@H](CC(=O)Cn2nc(C(F)F)c3c2C(F)(F)[C@@H]2C[C@H]32)Cc2cc(F)cc(F)c2)c2c1c(N)nn2C.NS(=O)(=O)Cl. The van der Waals surface area contributed by atoms with Gasteiger partial charge in [0.25, 0.3) is 33.9 Å². The van der Waals surface area contributed by atoms with Gasteiger partial charge in [0, 0.05) is 118 Å². The first-order chi connectivity index (χ1) is 52.5. The van der Waals surface area contributed by atoms with Crippen LogP contribution in [0.4, 0.5) is 58.5 Å². The Morgan fingerprint density at radius 2 is 0.938 bits per heavy atom. The molecule has 0 bridgehead atoms. The standard InChI is InChI=1S/C39H36F6N6O4S.C38H34F6N6O2.ClH2NO2S/c1-19-5-7-27(35-31(19)30(48-50(35)4)18-56(46,54)55)26-8-6-24(9-10-38(2,3)53)47-33(26)21(11-20-12-22(40)15-23(41)13-20)14-25(52)17-51-36-32(34(49-51)37(42)43)28-16-29(28)39(36,44)45;1-18-5-7-26(33-29(18)36(45)48-49(33)4)25-8-6-23(9-10-37(2,3)52)46-31(25)20(11-19-12-21(39)15-22(40)13-19)14-24(51)17-50-34-30(32(47-50)35(41)42)27-16-28(27)38(34,43)44;1-5(2,3)4/h5-8,12-13,15,21,28-29,37,53H,11,14,16-18H2,1-4H3,(H2,46,54,55);5-8,12-13,15,20,27-28,35,52H,11,14,16-17H2,1-4H3,(H2,45,48);(H2,2,3,4)/t21-,28+,29-;20-,27+,28-;/m11./s1. The molecule has 0 unspecified atom stereocenters. The summed E-state index contributed by atoms with van der Waals surface area (Å²) in [5.41, 5.74) is 6.02. The largest absolute Gasteiger partial charge is 0.382 e. The zero-order chi connectivity index (χ0) is 82.6. The molecule has 21 nitrogen and oxygen atoms in total. The second kappa shape index (κ2) is 30.4. The third kappa shape index (κ3) is 17.9. The fraction of sp³-hybridized carbons (Fsp3) is 0.377. The van der Waals surface area contributed by atoms with Gasteiger partial charge >= 0.3 is 0 Å². The molecule has 0 radical (unpaired) electrons. The topological polar surface area (TPSA) is 318 Å². The fourth-order valence-electron chi connectivity index (χ4n) is 15.3. The number of sulfonamides is 1. The van der Waals surface area contributed by atoms with Gasteiger partial charge in [-0.1, -0.05) is 36.1 Å². The number of hydrogen-bond donors (Lipinski definition) is 5. The van der Waals surface area contributed by atoms with E-state index < -0.39 is 180 Å². The number of nitrogens with two attached hydrogens (primary N) is 3. The second-order valence-corrected chi connectivity index (χ2v) is 33.6. The number of fused-ring (bicyclic) bond motifs is 8. The summed E-state index contributed by atoms with van der Waals surface area (Å²) in [6.45, 7) is 7.99. The molecule has 0 amide bonds. The number of aromatic nitrogens is 10. The molecule has 4 aliphatic rings. The predicted octanol–water partition coefficient (Wildman–Crippen LogP) is 13.1.